The van der Waals surface area contributed by atoms with E-state index in [9.17, 15) is 0 Å². The Hall–Kier alpha value is -4.00. The minimum atomic E-state index is -1.21. The van der Waals surface area contributed by atoms with Crippen molar-refractivity contribution in [1.82, 2.24) is 0 Å². The Morgan fingerprint density at radius 2 is 0.821 bits per heavy atom. The first-order valence-corrected chi connectivity index (χ1v) is 13.0. The highest BCUT2D eigenvalue weighted by Gasteiger charge is 2.21. The molecule has 0 spiro atoms. The second-order valence-corrected chi connectivity index (χ2v) is 9.67. The molecule has 39 heavy (non-hydrogen) atoms. The summed E-state index contributed by atoms with van der Waals surface area (Å²) in [6.07, 6.45) is 0. The molecule has 0 atom stereocenters. The lowest BCUT2D eigenvalue weighted by Gasteiger charge is -2.23. The van der Waals surface area contributed by atoms with Crippen molar-refractivity contribution >= 4 is 13.3 Å². The molecule has 5 aromatic rings. The normalized spacial score (nSPS) is 11.0. The van der Waals surface area contributed by atoms with Crippen LogP contribution in [0.4, 0.5) is 0 Å². The van der Waals surface area contributed by atoms with Crippen LogP contribution in [0.1, 0.15) is 0 Å². The predicted molar refractivity (Wildman–Crippen MR) is 165 cm³/mol. The van der Waals surface area contributed by atoms with Gasteiger partial charge in [-0.2, -0.15) is 0 Å². The lowest BCUT2D eigenvalue weighted by atomic mass is 9.75. The van der Waals surface area contributed by atoms with Gasteiger partial charge in [-0.15, -0.1) is 0 Å². The van der Waals surface area contributed by atoms with Crippen LogP contribution < -0.4 is 11.2 Å². The van der Waals surface area contributed by atoms with Crippen molar-refractivity contribution in [2.24, 2.45) is 5.73 Å². The summed E-state index contributed by atoms with van der Waals surface area (Å²) < 4.78 is 0. The molecule has 0 amide bonds. The van der Waals surface area contributed by atoms with Crippen LogP contribution in [0.15, 0.2) is 127 Å². The van der Waals surface area contributed by atoms with E-state index < -0.39 is 25.4 Å². The number of aliphatic hydroxyl groups is 3. The van der Waals surface area contributed by atoms with E-state index in [0.717, 1.165) is 0 Å². The summed E-state index contributed by atoms with van der Waals surface area (Å²) in [6, 6.07) is 45.4. The molecule has 0 fully saturated rings. The Morgan fingerprint density at radius 3 is 1.18 bits per heavy atom. The van der Waals surface area contributed by atoms with Gasteiger partial charge >= 0.3 is 0 Å². The third-order valence-corrected chi connectivity index (χ3v) is 6.74. The number of rotatable bonds is 7. The molecule has 0 radical (unpaired) electrons. The minimum absolute atomic E-state index is 0.403. The molecule has 0 saturated carbocycles. The second-order valence-electron chi connectivity index (χ2n) is 9.67. The van der Waals surface area contributed by atoms with Gasteiger partial charge in [0.1, 0.15) is 7.85 Å². The van der Waals surface area contributed by atoms with E-state index in [4.69, 9.17) is 21.1 Å². The molecule has 4 nitrogen and oxygen atoms in total. The zero-order chi connectivity index (χ0) is 27.7. The molecule has 5 rings (SSSR count). The first-order chi connectivity index (χ1) is 19.0. The molecule has 0 aliphatic heterocycles. The summed E-state index contributed by atoms with van der Waals surface area (Å²) in [5.74, 6) is 0. The van der Waals surface area contributed by atoms with Crippen LogP contribution in [0, 0.1) is 0 Å². The fourth-order valence-corrected chi connectivity index (χ4v) is 4.59. The lowest BCUT2D eigenvalue weighted by molar-refractivity contribution is 0.0698. The highest BCUT2D eigenvalue weighted by atomic mass is 16.3. The summed E-state index contributed by atoms with van der Waals surface area (Å²) in [5, 5.41) is 25.0. The third-order valence-electron chi connectivity index (χ3n) is 6.74. The van der Waals surface area contributed by atoms with Crippen molar-refractivity contribution in [3.63, 3.8) is 0 Å². The van der Waals surface area contributed by atoms with E-state index >= 15 is 0 Å². The van der Waals surface area contributed by atoms with Crippen molar-refractivity contribution in [3.8, 4) is 44.5 Å². The predicted octanol–water partition coefficient (Wildman–Crippen LogP) is 4.27. The Bertz CT molecular complexity index is 1450. The van der Waals surface area contributed by atoms with E-state index in [2.05, 4.69) is 135 Å². The van der Waals surface area contributed by atoms with Gasteiger partial charge in [0, 0.05) is 0 Å². The summed E-state index contributed by atoms with van der Waals surface area (Å²) in [6.45, 7) is -1.21. The number of aliphatic hydroxyl groups excluding tert-OH is 3. The Kier molecular flexibility index (Phi) is 9.47. The van der Waals surface area contributed by atoms with Gasteiger partial charge in [-0.3, -0.25) is 0 Å². The van der Waals surface area contributed by atoms with Crippen molar-refractivity contribution < 1.29 is 15.3 Å². The highest BCUT2D eigenvalue weighted by molar-refractivity contribution is 6.38. The average molecular weight is 515 g/mol. The maximum absolute atomic E-state index is 8.34. The third kappa shape index (κ3) is 6.54. The quantitative estimate of drug-likeness (QED) is 0.244. The van der Waals surface area contributed by atoms with Crippen molar-refractivity contribution in [2.45, 2.75) is 5.54 Å². The van der Waals surface area contributed by atoms with Crippen LogP contribution in [0.25, 0.3) is 44.5 Å². The van der Waals surface area contributed by atoms with Gasteiger partial charge in [0.05, 0.1) is 25.4 Å². The zero-order valence-corrected chi connectivity index (χ0v) is 22.2. The van der Waals surface area contributed by atoms with Gasteiger partial charge < -0.3 is 21.1 Å². The standard InChI is InChI=1S/C30H23B.C4H11NO3/c31-27-21-26(22-13-5-1-6-14-22)28(23-15-7-2-8-16-23)30(25-19-11-4-12-20-25)29(27)24-17-9-3-10-18-24;5-4(1-6,2-7)3-8/h1-21H,31H2;6-8H,1-3,5H2. The number of nitrogens with two attached hydrogens (primary N) is 1. The Morgan fingerprint density at radius 1 is 0.487 bits per heavy atom. The maximum Gasteiger partial charge on any atom is 0.140 e. The van der Waals surface area contributed by atoms with Gasteiger partial charge in [-0.05, 0) is 44.5 Å². The molecule has 5 heteroatoms. The fraction of sp³-hybridized carbons (Fsp3) is 0.118. The topological polar surface area (TPSA) is 86.7 Å². The molecule has 5 aromatic carbocycles. The molecule has 0 saturated heterocycles. The molecule has 5 N–H and O–H groups in total. The van der Waals surface area contributed by atoms with Crippen LogP contribution in [0.2, 0.25) is 0 Å². The van der Waals surface area contributed by atoms with Crippen molar-refractivity contribution in [2.75, 3.05) is 19.8 Å². The molecular weight excluding hydrogens is 481 g/mol. The van der Waals surface area contributed by atoms with E-state index in [0.29, 0.717) is 0 Å². The first kappa shape index (κ1) is 28.0. The number of hydrogen-bond donors (Lipinski definition) is 4. The van der Waals surface area contributed by atoms with Gasteiger partial charge in [0.15, 0.2) is 0 Å². The molecule has 0 aliphatic carbocycles. The smallest absolute Gasteiger partial charge is 0.140 e. The first-order valence-electron chi connectivity index (χ1n) is 13.0. The second kappa shape index (κ2) is 13.2. The molecule has 0 unspecified atom stereocenters. The van der Waals surface area contributed by atoms with E-state index in [-0.39, 0.29) is 0 Å². The summed E-state index contributed by atoms with van der Waals surface area (Å²) in [5.41, 5.74) is 15.3. The largest absolute Gasteiger partial charge is 0.394 e. The van der Waals surface area contributed by atoms with Crippen LogP contribution in [-0.2, 0) is 0 Å². The highest BCUT2D eigenvalue weighted by Crippen LogP contribution is 2.44. The molecule has 0 heterocycles. The average Bonchev–Trinajstić information content (AvgIpc) is 3.02. The van der Waals surface area contributed by atoms with Gasteiger partial charge in [0.25, 0.3) is 0 Å². The number of hydrogen-bond acceptors (Lipinski definition) is 4. The van der Waals surface area contributed by atoms with E-state index in [1.54, 1.807) is 0 Å². The molecule has 0 aliphatic rings. The minimum Gasteiger partial charge on any atom is -0.394 e. The van der Waals surface area contributed by atoms with Gasteiger partial charge in [-0.25, -0.2) is 0 Å². The van der Waals surface area contributed by atoms with Crippen LogP contribution in [0.3, 0.4) is 0 Å². The fourth-order valence-electron chi connectivity index (χ4n) is 4.59. The van der Waals surface area contributed by atoms with Crippen LogP contribution in [-0.4, -0.2) is 48.5 Å². The summed E-state index contributed by atoms with van der Waals surface area (Å²) in [7, 11) is 2.23. The van der Waals surface area contributed by atoms with Crippen LogP contribution in [0.5, 0.6) is 0 Å². The number of benzene rings is 5. The monoisotopic (exact) mass is 515 g/mol. The molecule has 0 bridgehead atoms. The van der Waals surface area contributed by atoms with Gasteiger partial charge in [0.2, 0.25) is 0 Å². The molecule has 0 aromatic heterocycles. The Balaban J connectivity index is 0.000000386. The zero-order valence-electron chi connectivity index (χ0n) is 22.2. The molecular formula is C34H34BNO3. The van der Waals surface area contributed by atoms with Gasteiger partial charge in [-0.1, -0.05) is 133 Å². The van der Waals surface area contributed by atoms with Crippen LogP contribution >= 0.6 is 0 Å². The van der Waals surface area contributed by atoms with E-state index in [1.165, 1.54) is 50.0 Å². The van der Waals surface area contributed by atoms with Crippen molar-refractivity contribution in [3.05, 3.63) is 127 Å². The SMILES string of the molecule is Bc1cc(-c2ccccc2)c(-c2ccccc2)c(-c2ccccc2)c1-c1ccccc1.NC(CO)(CO)CO. The summed E-state index contributed by atoms with van der Waals surface area (Å²) in [4.78, 5) is 0. The molecule has 196 valence electrons. The van der Waals surface area contributed by atoms with E-state index in [1.807, 2.05) is 0 Å². The summed E-state index contributed by atoms with van der Waals surface area (Å²) >= 11 is 0. The maximum atomic E-state index is 8.34. The Labute approximate surface area is 231 Å². The van der Waals surface area contributed by atoms with Crippen molar-refractivity contribution in [1.29, 1.82) is 0 Å². The lowest BCUT2D eigenvalue weighted by Crippen LogP contribution is -2.50.